The van der Waals surface area contributed by atoms with Gasteiger partial charge in [0.15, 0.2) is 9.84 Å². The van der Waals surface area contributed by atoms with E-state index >= 15 is 0 Å². The molecule has 1 fully saturated rings. The summed E-state index contributed by atoms with van der Waals surface area (Å²) >= 11 is 0. The number of anilines is 3. The lowest BCUT2D eigenvalue weighted by Crippen LogP contribution is -2.32. The molecule has 0 radical (unpaired) electrons. The lowest BCUT2D eigenvalue weighted by molar-refractivity contribution is 0.257. The second-order valence-electron chi connectivity index (χ2n) is 9.18. The SMILES string of the molecule is C/C=C\c1nc(NC(C=NC2CCN(C)CC2)=CN)nc(Nc2ccccc2S(=O)(=O)C(C)C)c1C. The van der Waals surface area contributed by atoms with Crippen LogP contribution in [0.2, 0.25) is 0 Å². The minimum Gasteiger partial charge on any atom is -0.403 e. The van der Waals surface area contributed by atoms with Crippen molar-refractivity contribution in [1.82, 2.24) is 14.9 Å². The fourth-order valence-corrected chi connectivity index (χ4v) is 5.01. The summed E-state index contributed by atoms with van der Waals surface area (Å²) in [6.07, 6.45) is 8.94. The van der Waals surface area contributed by atoms with Gasteiger partial charge in [0, 0.05) is 18.0 Å². The molecular formula is C26H37N7O2S. The van der Waals surface area contributed by atoms with Gasteiger partial charge in [-0.2, -0.15) is 4.98 Å². The van der Waals surface area contributed by atoms with Crippen LogP contribution in [0.3, 0.4) is 0 Å². The highest BCUT2D eigenvalue weighted by Crippen LogP contribution is 2.29. The molecule has 1 aliphatic rings. The van der Waals surface area contributed by atoms with E-state index in [0.29, 0.717) is 28.8 Å². The standard InChI is InChI=1S/C26H37N7O2S/c1-6-9-22-19(4)25(30-23-10-7-8-11-24(23)36(34,35)18(2)3)32-26(31-22)29-21(16-27)17-28-20-12-14-33(5)15-13-20/h6-11,16-18,20H,12-15,27H2,1-5H3,(H2,29,30,31,32)/b9-6-,21-16?,28-17?. The molecule has 9 nitrogen and oxygen atoms in total. The Bertz CT molecular complexity index is 1240. The summed E-state index contributed by atoms with van der Waals surface area (Å²) in [4.78, 5) is 16.5. The van der Waals surface area contributed by atoms with Crippen LogP contribution in [0.15, 0.2) is 52.1 Å². The van der Waals surface area contributed by atoms with Crippen LogP contribution in [-0.2, 0) is 9.84 Å². The summed E-state index contributed by atoms with van der Waals surface area (Å²) in [7, 11) is -1.38. The summed E-state index contributed by atoms with van der Waals surface area (Å²) in [6.45, 7) is 9.18. The molecule has 1 aromatic heterocycles. The van der Waals surface area contributed by atoms with Crippen molar-refractivity contribution in [1.29, 1.82) is 0 Å². The molecule has 0 unspecified atom stereocenters. The molecule has 0 spiro atoms. The summed E-state index contributed by atoms with van der Waals surface area (Å²) in [5.74, 6) is 0.822. The monoisotopic (exact) mass is 511 g/mol. The molecule has 194 valence electrons. The van der Waals surface area contributed by atoms with E-state index in [9.17, 15) is 8.42 Å². The predicted octanol–water partition coefficient (Wildman–Crippen LogP) is 4.12. The number of hydrogen-bond donors (Lipinski definition) is 3. The van der Waals surface area contributed by atoms with Crippen LogP contribution in [0.4, 0.5) is 17.5 Å². The van der Waals surface area contributed by atoms with E-state index in [1.807, 2.05) is 26.0 Å². The first-order valence-corrected chi connectivity index (χ1v) is 13.7. The maximum absolute atomic E-state index is 12.9. The van der Waals surface area contributed by atoms with Crippen molar-refractivity contribution in [3.8, 4) is 0 Å². The lowest BCUT2D eigenvalue weighted by atomic mass is 10.1. The zero-order valence-electron chi connectivity index (χ0n) is 21.7. The normalized spacial score (nSPS) is 16.3. The van der Waals surface area contributed by atoms with Gasteiger partial charge < -0.3 is 21.3 Å². The minimum atomic E-state index is -3.50. The zero-order chi connectivity index (χ0) is 26.3. The molecule has 0 aliphatic carbocycles. The third-order valence-corrected chi connectivity index (χ3v) is 8.33. The maximum atomic E-state index is 12.9. The molecule has 2 heterocycles. The Hall–Kier alpha value is -3.24. The van der Waals surface area contributed by atoms with Gasteiger partial charge in [0.2, 0.25) is 5.95 Å². The first-order valence-electron chi connectivity index (χ1n) is 12.2. The number of aliphatic imine (C=N–C) groups is 1. The zero-order valence-corrected chi connectivity index (χ0v) is 22.5. The Morgan fingerprint density at radius 1 is 1.22 bits per heavy atom. The fraction of sp³-hybridized carbons (Fsp3) is 0.423. The Morgan fingerprint density at radius 3 is 2.56 bits per heavy atom. The van der Waals surface area contributed by atoms with Gasteiger partial charge in [0.1, 0.15) is 5.82 Å². The number of piperidine rings is 1. The van der Waals surface area contributed by atoms with Crippen LogP contribution in [0, 0.1) is 6.92 Å². The van der Waals surface area contributed by atoms with Crippen molar-refractivity contribution in [2.24, 2.45) is 10.7 Å². The largest absolute Gasteiger partial charge is 0.403 e. The maximum Gasteiger partial charge on any atom is 0.229 e. The molecule has 0 atom stereocenters. The Morgan fingerprint density at radius 2 is 1.92 bits per heavy atom. The van der Waals surface area contributed by atoms with Gasteiger partial charge in [-0.1, -0.05) is 18.2 Å². The van der Waals surface area contributed by atoms with Gasteiger partial charge in [-0.05, 0) is 78.9 Å². The highest BCUT2D eigenvalue weighted by Gasteiger charge is 2.23. The van der Waals surface area contributed by atoms with Crippen molar-refractivity contribution >= 4 is 39.6 Å². The van der Waals surface area contributed by atoms with E-state index in [1.165, 1.54) is 6.20 Å². The molecule has 0 bridgehead atoms. The molecular weight excluding hydrogens is 474 g/mol. The van der Waals surface area contributed by atoms with E-state index < -0.39 is 15.1 Å². The van der Waals surface area contributed by atoms with Crippen LogP contribution in [-0.4, -0.2) is 60.9 Å². The smallest absolute Gasteiger partial charge is 0.229 e. The van der Waals surface area contributed by atoms with Crippen LogP contribution >= 0.6 is 0 Å². The number of sulfone groups is 1. The van der Waals surface area contributed by atoms with Crippen molar-refractivity contribution in [2.45, 2.75) is 56.7 Å². The molecule has 3 rings (SSSR count). The quantitative estimate of drug-likeness (QED) is 0.429. The van der Waals surface area contributed by atoms with E-state index in [-0.39, 0.29) is 10.9 Å². The van der Waals surface area contributed by atoms with Crippen LogP contribution in [0.25, 0.3) is 6.08 Å². The number of nitrogens with zero attached hydrogens (tertiary/aromatic N) is 4. The first kappa shape index (κ1) is 27.3. The third kappa shape index (κ3) is 6.70. The molecule has 2 aromatic rings. The molecule has 0 amide bonds. The molecule has 1 saturated heterocycles. The Labute approximate surface area is 214 Å². The molecule has 10 heteroatoms. The summed E-state index contributed by atoms with van der Waals surface area (Å²) in [5.41, 5.74) is 8.40. The van der Waals surface area contributed by atoms with E-state index in [4.69, 9.17) is 10.7 Å². The molecule has 36 heavy (non-hydrogen) atoms. The van der Waals surface area contributed by atoms with Crippen LogP contribution < -0.4 is 16.4 Å². The molecule has 1 aliphatic heterocycles. The van der Waals surface area contributed by atoms with E-state index in [2.05, 4.69) is 32.5 Å². The van der Waals surface area contributed by atoms with Gasteiger partial charge in [0.25, 0.3) is 0 Å². The number of aromatic nitrogens is 2. The molecule has 0 saturated carbocycles. The van der Waals surface area contributed by atoms with Crippen molar-refractivity contribution in [3.63, 3.8) is 0 Å². The summed E-state index contributed by atoms with van der Waals surface area (Å²) in [6, 6.07) is 7.10. The first-order chi connectivity index (χ1) is 17.1. The highest BCUT2D eigenvalue weighted by molar-refractivity contribution is 7.92. The Balaban J connectivity index is 1.92. The number of rotatable bonds is 9. The van der Waals surface area contributed by atoms with Crippen molar-refractivity contribution < 1.29 is 8.42 Å². The van der Waals surface area contributed by atoms with Gasteiger partial charge in [-0.3, -0.25) is 4.99 Å². The van der Waals surface area contributed by atoms with Gasteiger partial charge in [-0.15, -0.1) is 0 Å². The van der Waals surface area contributed by atoms with Crippen LogP contribution in [0.1, 0.15) is 44.9 Å². The van der Waals surface area contributed by atoms with Crippen LogP contribution in [0.5, 0.6) is 0 Å². The second kappa shape index (κ2) is 12.1. The Kier molecular flexibility index (Phi) is 9.22. The highest BCUT2D eigenvalue weighted by atomic mass is 32.2. The topological polar surface area (TPSA) is 126 Å². The molecule has 4 N–H and O–H groups in total. The fourth-order valence-electron chi connectivity index (χ4n) is 3.81. The average Bonchev–Trinajstić information content (AvgIpc) is 2.85. The van der Waals surface area contributed by atoms with Crippen molar-refractivity contribution in [2.75, 3.05) is 30.8 Å². The van der Waals surface area contributed by atoms with E-state index in [1.54, 1.807) is 44.3 Å². The van der Waals surface area contributed by atoms with Crippen molar-refractivity contribution in [3.05, 3.63) is 53.5 Å². The number of benzene rings is 1. The number of allylic oxidation sites excluding steroid dienone is 2. The van der Waals surface area contributed by atoms with E-state index in [0.717, 1.165) is 31.5 Å². The van der Waals surface area contributed by atoms with Gasteiger partial charge >= 0.3 is 0 Å². The lowest BCUT2D eigenvalue weighted by Gasteiger charge is -2.26. The minimum absolute atomic E-state index is 0.230. The summed E-state index contributed by atoms with van der Waals surface area (Å²) < 4.78 is 25.9. The summed E-state index contributed by atoms with van der Waals surface area (Å²) in [5, 5.41) is 5.83. The number of likely N-dealkylation sites (tertiary alicyclic amines) is 1. The number of hydrogen-bond acceptors (Lipinski definition) is 9. The molecule has 1 aromatic carbocycles. The van der Waals surface area contributed by atoms with Gasteiger partial charge in [0.05, 0.1) is 33.3 Å². The second-order valence-corrected chi connectivity index (χ2v) is 11.7. The predicted molar refractivity (Wildman–Crippen MR) is 148 cm³/mol. The van der Waals surface area contributed by atoms with Gasteiger partial charge in [-0.25, -0.2) is 13.4 Å². The average molecular weight is 512 g/mol. The number of nitrogens with one attached hydrogen (secondary N) is 2. The third-order valence-electron chi connectivity index (χ3n) is 6.12. The number of nitrogens with two attached hydrogens (primary N) is 1. The number of para-hydroxylation sites is 1.